The summed E-state index contributed by atoms with van der Waals surface area (Å²) in [6.45, 7) is 2.52. The number of aromatic nitrogens is 4. The van der Waals surface area contributed by atoms with Crippen molar-refractivity contribution in [1.82, 2.24) is 25.1 Å². The van der Waals surface area contributed by atoms with Gasteiger partial charge in [-0.2, -0.15) is 0 Å². The van der Waals surface area contributed by atoms with E-state index >= 15 is 0 Å². The minimum Gasteiger partial charge on any atom is -0.493 e. The quantitative estimate of drug-likeness (QED) is 0.209. The molecule has 5 rings (SSSR count). The SMILES string of the molecule is COc1ccc(CCNC(=O)c2csc(CSc3nnc(-c4ccco4)n3-c3ccc(C)cc3)n2)cc1OC. The van der Waals surface area contributed by atoms with Crippen molar-refractivity contribution in [3.05, 3.63) is 88.1 Å². The van der Waals surface area contributed by atoms with Crippen LogP contribution in [0.3, 0.4) is 0 Å². The summed E-state index contributed by atoms with van der Waals surface area (Å²) in [4.78, 5) is 17.2. The van der Waals surface area contributed by atoms with Crippen LogP contribution in [0.2, 0.25) is 0 Å². The molecule has 2 aromatic carbocycles. The van der Waals surface area contributed by atoms with E-state index in [-0.39, 0.29) is 5.91 Å². The molecule has 1 N–H and O–H groups in total. The first kappa shape index (κ1) is 26.5. The highest BCUT2D eigenvalue weighted by molar-refractivity contribution is 7.98. The van der Waals surface area contributed by atoms with Gasteiger partial charge >= 0.3 is 0 Å². The van der Waals surface area contributed by atoms with E-state index in [2.05, 4.69) is 20.5 Å². The summed E-state index contributed by atoms with van der Waals surface area (Å²) in [6, 6.07) is 17.6. The van der Waals surface area contributed by atoms with Gasteiger partial charge in [0.2, 0.25) is 5.82 Å². The van der Waals surface area contributed by atoms with E-state index in [9.17, 15) is 4.79 Å². The van der Waals surface area contributed by atoms with Gasteiger partial charge in [-0.3, -0.25) is 9.36 Å². The average Bonchev–Trinajstić information content (AvgIpc) is 3.73. The van der Waals surface area contributed by atoms with Gasteiger partial charge in [0.25, 0.3) is 5.91 Å². The highest BCUT2D eigenvalue weighted by Gasteiger charge is 2.19. The van der Waals surface area contributed by atoms with Crippen LogP contribution >= 0.6 is 23.1 Å². The number of carbonyl (C=O) groups excluding carboxylic acids is 1. The van der Waals surface area contributed by atoms with Crippen molar-refractivity contribution >= 4 is 29.0 Å². The fourth-order valence-corrected chi connectivity index (χ4v) is 5.65. The molecule has 0 saturated heterocycles. The van der Waals surface area contributed by atoms with E-state index < -0.39 is 0 Å². The van der Waals surface area contributed by atoms with E-state index in [0.29, 0.717) is 52.7 Å². The van der Waals surface area contributed by atoms with Gasteiger partial charge in [0.05, 0.1) is 26.2 Å². The minimum absolute atomic E-state index is 0.203. The van der Waals surface area contributed by atoms with Crippen LogP contribution in [0.4, 0.5) is 0 Å². The van der Waals surface area contributed by atoms with Gasteiger partial charge in [0.15, 0.2) is 22.4 Å². The number of nitrogens with zero attached hydrogens (tertiary/aromatic N) is 4. The molecule has 0 radical (unpaired) electrons. The number of thioether (sulfide) groups is 1. The number of aryl methyl sites for hydroxylation is 1. The molecule has 3 aromatic heterocycles. The normalized spacial score (nSPS) is 10.9. The smallest absolute Gasteiger partial charge is 0.270 e. The van der Waals surface area contributed by atoms with Gasteiger partial charge in [0.1, 0.15) is 10.7 Å². The number of nitrogens with one attached hydrogen (secondary N) is 1. The van der Waals surface area contributed by atoms with Crippen molar-refractivity contribution in [3.63, 3.8) is 0 Å². The van der Waals surface area contributed by atoms with Gasteiger partial charge in [-0.1, -0.05) is 35.5 Å². The Bertz CT molecular complexity index is 1540. The third-order valence-electron chi connectivity index (χ3n) is 5.92. The first-order chi connectivity index (χ1) is 19.1. The summed E-state index contributed by atoms with van der Waals surface area (Å²) in [5.74, 6) is 2.94. The van der Waals surface area contributed by atoms with Crippen molar-refractivity contribution in [1.29, 1.82) is 0 Å². The fourth-order valence-electron chi connectivity index (χ4n) is 3.91. The highest BCUT2D eigenvalue weighted by atomic mass is 32.2. The lowest BCUT2D eigenvalue weighted by atomic mass is 10.1. The maximum Gasteiger partial charge on any atom is 0.270 e. The number of hydrogen-bond donors (Lipinski definition) is 1. The van der Waals surface area contributed by atoms with Gasteiger partial charge in [-0.25, -0.2) is 4.98 Å². The number of furan rings is 1. The van der Waals surface area contributed by atoms with Gasteiger partial charge in [-0.15, -0.1) is 21.5 Å². The van der Waals surface area contributed by atoms with Crippen LogP contribution in [0.1, 0.15) is 26.6 Å². The predicted octanol–water partition coefficient (Wildman–Crippen LogP) is 5.57. The largest absolute Gasteiger partial charge is 0.493 e. The highest BCUT2D eigenvalue weighted by Crippen LogP contribution is 2.31. The molecule has 39 heavy (non-hydrogen) atoms. The molecule has 0 saturated carbocycles. The number of benzene rings is 2. The number of rotatable bonds is 11. The van der Waals surface area contributed by atoms with Crippen LogP contribution in [0.25, 0.3) is 17.3 Å². The lowest BCUT2D eigenvalue weighted by Crippen LogP contribution is -2.26. The summed E-state index contributed by atoms with van der Waals surface area (Å²) in [6.07, 6.45) is 2.28. The lowest BCUT2D eigenvalue weighted by molar-refractivity contribution is 0.0949. The second kappa shape index (κ2) is 12.2. The third-order valence-corrected chi connectivity index (χ3v) is 7.90. The first-order valence-electron chi connectivity index (χ1n) is 12.2. The molecule has 0 aliphatic heterocycles. The average molecular weight is 562 g/mol. The zero-order valence-electron chi connectivity index (χ0n) is 21.7. The van der Waals surface area contributed by atoms with Crippen molar-refractivity contribution in [2.24, 2.45) is 0 Å². The molecule has 1 amide bonds. The molecule has 0 fully saturated rings. The van der Waals surface area contributed by atoms with Crippen LogP contribution in [-0.2, 0) is 12.2 Å². The van der Waals surface area contributed by atoms with Crippen LogP contribution in [-0.4, -0.2) is 46.4 Å². The topological polar surface area (TPSA) is 104 Å². The van der Waals surface area contributed by atoms with Crippen LogP contribution in [0.15, 0.2) is 75.8 Å². The van der Waals surface area contributed by atoms with Crippen molar-refractivity contribution in [2.75, 3.05) is 20.8 Å². The van der Waals surface area contributed by atoms with Gasteiger partial charge in [0, 0.05) is 17.6 Å². The predicted molar refractivity (Wildman–Crippen MR) is 151 cm³/mol. The maximum absolute atomic E-state index is 12.7. The molecular weight excluding hydrogens is 534 g/mol. The molecule has 0 aliphatic rings. The molecule has 5 aromatic rings. The van der Waals surface area contributed by atoms with Crippen LogP contribution in [0, 0.1) is 6.92 Å². The Morgan fingerprint density at radius 2 is 1.90 bits per heavy atom. The summed E-state index contributed by atoms with van der Waals surface area (Å²) < 4.78 is 18.2. The number of amides is 1. The Morgan fingerprint density at radius 3 is 2.64 bits per heavy atom. The Morgan fingerprint density at radius 1 is 1.08 bits per heavy atom. The minimum atomic E-state index is -0.203. The zero-order chi connectivity index (χ0) is 27.2. The number of methoxy groups -OCH3 is 2. The molecule has 0 aliphatic carbocycles. The second-order valence-corrected chi connectivity index (χ2v) is 10.4. The number of thiazole rings is 1. The Balaban J connectivity index is 1.22. The Hall–Kier alpha value is -4.09. The monoisotopic (exact) mass is 561 g/mol. The van der Waals surface area contributed by atoms with Gasteiger partial charge < -0.3 is 19.2 Å². The van der Waals surface area contributed by atoms with Gasteiger partial charge in [-0.05, 0) is 55.3 Å². The molecule has 0 atom stereocenters. The van der Waals surface area contributed by atoms with Crippen molar-refractivity contribution < 1.29 is 18.7 Å². The molecule has 0 unspecified atom stereocenters. The molecule has 200 valence electrons. The summed E-state index contributed by atoms with van der Waals surface area (Å²) in [5, 5.41) is 15.1. The summed E-state index contributed by atoms with van der Waals surface area (Å²) in [7, 11) is 3.21. The van der Waals surface area contributed by atoms with E-state index in [1.165, 1.54) is 23.1 Å². The molecule has 0 spiro atoms. The Labute approximate surface area is 234 Å². The molecule has 3 heterocycles. The van der Waals surface area contributed by atoms with E-state index in [0.717, 1.165) is 21.8 Å². The van der Waals surface area contributed by atoms with Crippen molar-refractivity contribution in [3.8, 4) is 28.8 Å². The van der Waals surface area contributed by atoms with E-state index in [1.807, 2.05) is 66.1 Å². The lowest BCUT2D eigenvalue weighted by Gasteiger charge is -2.10. The van der Waals surface area contributed by atoms with Crippen LogP contribution < -0.4 is 14.8 Å². The number of carbonyl (C=O) groups is 1. The molecular formula is C28H27N5O4S2. The fraction of sp³-hybridized carbons (Fsp3) is 0.214. The third kappa shape index (κ3) is 6.15. The van der Waals surface area contributed by atoms with E-state index in [4.69, 9.17) is 13.9 Å². The van der Waals surface area contributed by atoms with E-state index in [1.54, 1.807) is 25.9 Å². The number of hydrogen-bond acceptors (Lipinski definition) is 9. The summed E-state index contributed by atoms with van der Waals surface area (Å²) in [5.41, 5.74) is 3.54. The second-order valence-electron chi connectivity index (χ2n) is 8.56. The number of ether oxygens (including phenoxy) is 2. The Kier molecular flexibility index (Phi) is 8.28. The maximum atomic E-state index is 12.7. The summed E-state index contributed by atoms with van der Waals surface area (Å²) >= 11 is 2.95. The standard InChI is InChI=1S/C28H27N5O4S2/c1-18-6-9-20(10-7-18)33-26(23-5-4-14-37-23)31-32-28(33)39-17-25-30-21(16-38-25)27(34)29-13-12-19-8-11-22(35-2)24(15-19)36-3/h4-11,14-16H,12-13,17H2,1-3H3,(H,29,34). The van der Waals surface area contributed by atoms with Crippen molar-refractivity contribution in [2.45, 2.75) is 24.3 Å². The zero-order valence-corrected chi connectivity index (χ0v) is 23.3. The molecule has 0 bridgehead atoms. The van der Waals surface area contributed by atoms with Crippen LogP contribution in [0.5, 0.6) is 11.5 Å². The molecule has 9 nitrogen and oxygen atoms in total. The first-order valence-corrected chi connectivity index (χ1v) is 14.0. The molecule has 11 heteroatoms.